The van der Waals surface area contributed by atoms with Crippen molar-refractivity contribution in [3.05, 3.63) is 35.4 Å². The van der Waals surface area contributed by atoms with Gasteiger partial charge in [0, 0.05) is 5.56 Å². The molecule has 1 unspecified atom stereocenters. The van der Waals surface area contributed by atoms with Gasteiger partial charge in [-0.1, -0.05) is 24.3 Å². The number of ether oxygens (including phenoxy) is 2. The Morgan fingerprint density at radius 2 is 1.85 bits per heavy atom. The van der Waals surface area contributed by atoms with E-state index in [-0.39, 0.29) is 18.6 Å². The van der Waals surface area contributed by atoms with E-state index in [1.807, 2.05) is 0 Å². The molecule has 20 heavy (non-hydrogen) atoms. The van der Waals surface area contributed by atoms with Crippen molar-refractivity contribution in [3.63, 3.8) is 0 Å². The number of carboxylic acid groups (broad SMARTS) is 1. The van der Waals surface area contributed by atoms with Crippen LogP contribution in [-0.4, -0.2) is 42.4 Å². The van der Waals surface area contributed by atoms with Crippen LogP contribution >= 0.6 is 0 Å². The lowest BCUT2D eigenvalue weighted by atomic mass is 10.0. The Kier molecular flexibility index (Phi) is 4.84. The van der Waals surface area contributed by atoms with Gasteiger partial charge in [-0.2, -0.15) is 0 Å². The molecule has 0 spiro atoms. The summed E-state index contributed by atoms with van der Waals surface area (Å²) in [7, 11) is 0. The maximum atomic E-state index is 12.0. The van der Waals surface area contributed by atoms with Crippen molar-refractivity contribution < 1.29 is 24.2 Å². The lowest BCUT2D eigenvalue weighted by molar-refractivity contribution is -0.138. The minimum atomic E-state index is -1.04. The van der Waals surface area contributed by atoms with E-state index in [1.165, 1.54) is 0 Å². The Morgan fingerprint density at radius 1 is 1.25 bits per heavy atom. The van der Waals surface area contributed by atoms with Crippen LogP contribution < -0.4 is 5.73 Å². The van der Waals surface area contributed by atoms with E-state index in [4.69, 9.17) is 20.3 Å². The molecule has 1 atom stereocenters. The molecule has 0 amide bonds. The first-order chi connectivity index (χ1) is 9.56. The molecule has 1 heterocycles. The van der Waals surface area contributed by atoms with E-state index in [0.717, 1.165) is 5.56 Å². The first kappa shape index (κ1) is 14.6. The van der Waals surface area contributed by atoms with Crippen LogP contribution in [0, 0.1) is 0 Å². The van der Waals surface area contributed by atoms with Gasteiger partial charge >= 0.3 is 5.97 Å². The van der Waals surface area contributed by atoms with Crippen molar-refractivity contribution in [2.45, 2.75) is 25.2 Å². The third-order valence-electron chi connectivity index (χ3n) is 3.09. The lowest BCUT2D eigenvalue weighted by Crippen LogP contribution is -2.32. The molecule has 1 aromatic carbocycles. The van der Waals surface area contributed by atoms with Crippen LogP contribution in [0.2, 0.25) is 0 Å². The molecule has 3 N–H and O–H groups in total. The van der Waals surface area contributed by atoms with Crippen LogP contribution in [0.15, 0.2) is 24.3 Å². The van der Waals surface area contributed by atoms with Gasteiger partial charge in [0.15, 0.2) is 12.1 Å². The normalized spacial score (nSPS) is 17.1. The second kappa shape index (κ2) is 6.60. The van der Waals surface area contributed by atoms with Crippen molar-refractivity contribution >= 4 is 11.8 Å². The van der Waals surface area contributed by atoms with Crippen LogP contribution in [-0.2, 0) is 20.7 Å². The van der Waals surface area contributed by atoms with Crippen LogP contribution in [0.3, 0.4) is 0 Å². The van der Waals surface area contributed by atoms with Gasteiger partial charge in [0.25, 0.3) is 0 Å². The Labute approximate surface area is 116 Å². The predicted molar refractivity (Wildman–Crippen MR) is 70.4 cm³/mol. The summed E-state index contributed by atoms with van der Waals surface area (Å²) in [5, 5.41) is 8.74. The quantitative estimate of drug-likeness (QED) is 0.739. The van der Waals surface area contributed by atoms with Gasteiger partial charge in [-0.25, -0.2) is 0 Å². The summed E-state index contributed by atoms with van der Waals surface area (Å²) >= 11 is 0. The summed E-state index contributed by atoms with van der Waals surface area (Å²) in [5.41, 5.74) is 6.79. The second-order valence-electron chi connectivity index (χ2n) is 4.64. The number of carbonyl (C=O) groups is 2. The number of benzene rings is 1. The van der Waals surface area contributed by atoms with Gasteiger partial charge in [-0.05, 0) is 12.0 Å². The summed E-state index contributed by atoms with van der Waals surface area (Å²) < 4.78 is 10.4. The van der Waals surface area contributed by atoms with Gasteiger partial charge in [0.1, 0.15) is 6.04 Å². The number of hydrogen-bond donors (Lipinski definition) is 2. The fourth-order valence-electron chi connectivity index (χ4n) is 1.96. The fraction of sp³-hybridized carbons (Fsp3) is 0.429. The topological polar surface area (TPSA) is 98.9 Å². The van der Waals surface area contributed by atoms with Crippen LogP contribution in [0.4, 0.5) is 0 Å². The average Bonchev–Trinajstić information content (AvgIpc) is 2.92. The Morgan fingerprint density at radius 3 is 2.40 bits per heavy atom. The highest BCUT2D eigenvalue weighted by atomic mass is 16.7. The first-order valence-electron chi connectivity index (χ1n) is 6.40. The Balaban J connectivity index is 1.93. The van der Waals surface area contributed by atoms with E-state index < -0.39 is 18.3 Å². The van der Waals surface area contributed by atoms with Crippen molar-refractivity contribution in [3.8, 4) is 0 Å². The van der Waals surface area contributed by atoms with Crippen LogP contribution in [0.25, 0.3) is 0 Å². The van der Waals surface area contributed by atoms with E-state index >= 15 is 0 Å². The maximum absolute atomic E-state index is 12.0. The number of nitrogens with two attached hydrogens (primary N) is 1. The number of rotatable bonds is 6. The van der Waals surface area contributed by atoms with Crippen LogP contribution in [0.5, 0.6) is 0 Å². The fourth-order valence-corrected chi connectivity index (χ4v) is 1.96. The molecule has 1 saturated heterocycles. The number of Topliss-reactive ketones (excluding diaryl/α,β-unsaturated/α-hetero) is 1. The monoisotopic (exact) mass is 279 g/mol. The molecular formula is C14H17NO5. The van der Waals surface area contributed by atoms with Gasteiger partial charge in [0.2, 0.25) is 0 Å². The number of aliphatic carboxylic acids is 1. The number of hydrogen-bond acceptors (Lipinski definition) is 5. The molecule has 1 aliphatic heterocycles. The molecule has 1 fully saturated rings. The van der Waals surface area contributed by atoms with Gasteiger partial charge in [-0.3, -0.25) is 9.59 Å². The van der Waals surface area contributed by atoms with E-state index in [0.29, 0.717) is 18.8 Å². The maximum Gasteiger partial charge on any atom is 0.320 e. The predicted octanol–water partition coefficient (Wildman–Crippen LogP) is 0.587. The summed E-state index contributed by atoms with van der Waals surface area (Å²) in [6, 6.07) is 5.83. The zero-order valence-corrected chi connectivity index (χ0v) is 11.0. The SMILES string of the molecule is NC(Cc1ccc(C(=O)CC2OCCO2)cc1)C(=O)O. The zero-order valence-electron chi connectivity index (χ0n) is 11.0. The first-order valence-corrected chi connectivity index (χ1v) is 6.40. The molecule has 108 valence electrons. The van der Waals surface area contributed by atoms with Crippen LogP contribution in [0.1, 0.15) is 22.3 Å². The highest BCUT2D eigenvalue weighted by Crippen LogP contribution is 2.14. The standard InChI is InChI=1S/C14H17NO5/c15-11(14(17)18)7-9-1-3-10(4-2-9)12(16)8-13-19-5-6-20-13/h1-4,11,13H,5-8,15H2,(H,17,18). The smallest absolute Gasteiger partial charge is 0.320 e. The summed E-state index contributed by atoms with van der Waals surface area (Å²) in [6.45, 7) is 1.04. The molecule has 1 aliphatic rings. The molecule has 6 nitrogen and oxygen atoms in total. The summed E-state index contributed by atoms with van der Waals surface area (Å²) in [6.07, 6.45) is -0.0327. The molecular weight excluding hydrogens is 262 g/mol. The number of carbonyl (C=O) groups excluding carboxylic acids is 1. The third-order valence-corrected chi connectivity index (χ3v) is 3.09. The Hall–Kier alpha value is -1.76. The van der Waals surface area contributed by atoms with Gasteiger partial charge in [0.05, 0.1) is 19.6 Å². The van der Waals surface area contributed by atoms with E-state index in [1.54, 1.807) is 24.3 Å². The third kappa shape index (κ3) is 3.86. The lowest BCUT2D eigenvalue weighted by Gasteiger charge is -2.09. The molecule has 2 rings (SSSR count). The minimum Gasteiger partial charge on any atom is -0.480 e. The van der Waals surface area contributed by atoms with Crippen molar-refractivity contribution in [2.75, 3.05) is 13.2 Å². The van der Waals surface area contributed by atoms with Crippen molar-refractivity contribution in [2.24, 2.45) is 5.73 Å². The molecule has 0 aromatic heterocycles. The molecule has 1 aromatic rings. The number of ketones is 1. The summed E-state index contributed by atoms with van der Waals surface area (Å²) in [5.74, 6) is -1.10. The second-order valence-corrected chi connectivity index (χ2v) is 4.64. The highest BCUT2D eigenvalue weighted by Gasteiger charge is 2.20. The number of carboxylic acids is 1. The van der Waals surface area contributed by atoms with Gasteiger partial charge < -0.3 is 20.3 Å². The zero-order chi connectivity index (χ0) is 14.5. The average molecular weight is 279 g/mol. The Bertz CT molecular complexity index is 479. The van der Waals surface area contributed by atoms with E-state index in [2.05, 4.69) is 0 Å². The van der Waals surface area contributed by atoms with Crippen molar-refractivity contribution in [1.29, 1.82) is 0 Å². The largest absolute Gasteiger partial charge is 0.480 e. The van der Waals surface area contributed by atoms with Crippen molar-refractivity contribution in [1.82, 2.24) is 0 Å². The molecule has 0 radical (unpaired) electrons. The molecule has 6 heteroatoms. The molecule has 0 aliphatic carbocycles. The molecule has 0 bridgehead atoms. The van der Waals surface area contributed by atoms with E-state index in [9.17, 15) is 9.59 Å². The van der Waals surface area contributed by atoms with Gasteiger partial charge in [-0.15, -0.1) is 0 Å². The minimum absolute atomic E-state index is 0.0639. The highest BCUT2D eigenvalue weighted by molar-refractivity contribution is 5.96. The molecule has 0 saturated carbocycles. The summed E-state index contributed by atoms with van der Waals surface area (Å²) in [4.78, 5) is 22.6.